The van der Waals surface area contributed by atoms with Crippen molar-refractivity contribution < 1.29 is 22.3 Å². The number of hydrogen-bond donors (Lipinski definition) is 2. The lowest BCUT2D eigenvalue weighted by atomic mass is 10.2. The van der Waals surface area contributed by atoms with Crippen LogP contribution in [-0.2, 0) is 10.0 Å². The highest BCUT2D eigenvalue weighted by atomic mass is 32.2. The van der Waals surface area contributed by atoms with E-state index in [1.807, 2.05) is 0 Å². The van der Waals surface area contributed by atoms with Gasteiger partial charge in [-0.3, -0.25) is 9.52 Å². The number of halogens is 1. The molecule has 0 aliphatic rings. The first-order valence-electron chi connectivity index (χ1n) is 8.22. The fraction of sp³-hybridized carbons (Fsp3) is 0.0500. The minimum absolute atomic E-state index is 0.0924. The second kappa shape index (κ2) is 8.10. The summed E-state index contributed by atoms with van der Waals surface area (Å²) in [5, 5.41) is 2.68. The number of anilines is 2. The van der Waals surface area contributed by atoms with E-state index in [0.29, 0.717) is 11.3 Å². The number of sulfonamides is 1. The molecule has 3 aromatic rings. The second-order valence-electron chi connectivity index (χ2n) is 5.79. The number of amides is 1. The van der Waals surface area contributed by atoms with E-state index in [1.165, 1.54) is 13.2 Å². The van der Waals surface area contributed by atoms with Gasteiger partial charge in [0.25, 0.3) is 15.9 Å². The zero-order valence-electron chi connectivity index (χ0n) is 14.8. The van der Waals surface area contributed by atoms with Crippen LogP contribution in [0, 0.1) is 5.82 Å². The van der Waals surface area contributed by atoms with E-state index in [4.69, 9.17) is 4.74 Å². The number of nitrogens with one attached hydrogen (secondary N) is 2. The fourth-order valence-corrected chi connectivity index (χ4v) is 3.52. The van der Waals surface area contributed by atoms with Crippen LogP contribution in [0.2, 0.25) is 0 Å². The van der Waals surface area contributed by atoms with Crippen molar-refractivity contribution in [2.24, 2.45) is 0 Å². The first-order valence-corrected chi connectivity index (χ1v) is 9.70. The molecule has 0 bridgehead atoms. The molecule has 0 aliphatic carbocycles. The van der Waals surface area contributed by atoms with Crippen LogP contribution >= 0.6 is 0 Å². The van der Waals surface area contributed by atoms with E-state index >= 15 is 0 Å². The molecule has 0 heterocycles. The minimum atomic E-state index is -3.95. The summed E-state index contributed by atoms with van der Waals surface area (Å²) in [4.78, 5) is 12.4. The summed E-state index contributed by atoms with van der Waals surface area (Å²) in [5.74, 6) is -0.328. The molecule has 0 aromatic heterocycles. The highest BCUT2D eigenvalue weighted by molar-refractivity contribution is 7.92. The van der Waals surface area contributed by atoms with Crippen LogP contribution in [0.3, 0.4) is 0 Å². The molecule has 28 heavy (non-hydrogen) atoms. The number of benzene rings is 3. The molecule has 3 aromatic carbocycles. The summed E-state index contributed by atoms with van der Waals surface area (Å²) in [6, 6.07) is 17.3. The van der Waals surface area contributed by atoms with Gasteiger partial charge in [-0.1, -0.05) is 12.1 Å². The average Bonchev–Trinajstić information content (AvgIpc) is 2.69. The molecule has 0 fully saturated rings. The summed E-state index contributed by atoms with van der Waals surface area (Å²) < 4.78 is 45.6. The molecule has 0 atom stereocenters. The topological polar surface area (TPSA) is 84.5 Å². The maximum atomic E-state index is 13.0. The van der Waals surface area contributed by atoms with E-state index in [1.54, 1.807) is 42.5 Å². The van der Waals surface area contributed by atoms with Gasteiger partial charge in [-0.25, -0.2) is 12.8 Å². The molecule has 0 radical (unpaired) electrons. The maximum absolute atomic E-state index is 13.0. The number of rotatable bonds is 6. The van der Waals surface area contributed by atoms with Gasteiger partial charge < -0.3 is 10.1 Å². The normalized spacial score (nSPS) is 10.9. The van der Waals surface area contributed by atoms with Gasteiger partial charge in [0.15, 0.2) is 0 Å². The molecule has 8 heteroatoms. The van der Waals surface area contributed by atoms with Crippen molar-refractivity contribution in [1.29, 1.82) is 0 Å². The highest BCUT2D eigenvalue weighted by Gasteiger charge is 2.17. The van der Waals surface area contributed by atoms with Gasteiger partial charge in [-0.15, -0.1) is 0 Å². The van der Waals surface area contributed by atoms with Gasteiger partial charge >= 0.3 is 0 Å². The summed E-state index contributed by atoms with van der Waals surface area (Å²) in [6.45, 7) is 0. The number of para-hydroxylation sites is 2. The molecule has 0 aliphatic heterocycles. The van der Waals surface area contributed by atoms with Crippen molar-refractivity contribution in [3.05, 3.63) is 84.2 Å². The van der Waals surface area contributed by atoms with Gasteiger partial charge in [0.05, 0.1) is 23.4 Å². The van der Waals surface area contributed by atoms with Crippen LogP contribution in [-0.4, -0.2) is 21.4 Å². The van der Waals surface area contributed by atoms with Crippen molar-refractivity contribution in [3.63, 3.8) is 0 Å². The standard InChI is InChI=1S/C20H17FN2O4S/c1-27-16-10-6-14(7-11-16)20(24)22-18-4-2-3-5-19(18)23-28(25,26)17-12-8-15(21)9-13-17/h2-13,23H,1H3,(H,22,24). The summed E-state index contributed by atoms with van der Waals surface area (Å²) in [7, 11) is -2.42. The summed E-state index contributed by atoms with van der Waals surface area (Å²) in [6.07, 6.45) is 0. The Balaban J connectivity index is 1.82. The quantitative estimate of drug-likeness (QED) is 0.658. The highest BCUT2D eigenvalue weighted by Crippen LogP contribution is 2.25. The third kappa shape index (κ3) is 4.47. The number of carbonyl (C=O) groups excluding carboxylic acids is 1. The molecule has 0 unspecified atom stereocenters. The molecule has 0 saturated heterocycles. The van der Waals surface area contributed by atoms with Crippen LogP contribution in [0.1, 0.15) is 10.4 Å². The molecule has 0 saturated carbocycles. The van der Waals surface area contributed by atoms with Crippen LogP contribution in [0.4, 0.5) is 15.8 Å². The Hall–Kier alpha value is -3.39. The van der Waals surface area contributed by atoms with Gasteiger partial charge in [0.1, 0.15) is 11.6 Å². The van der Waals surface area contributed by atoms with Crippen LogP contribution in [0.5, 0.6) is 5.75 Å². The van der Waals surface area contributed by atoms with Gasteiger partial charge in [-0.05, 0) is 60.7 Å². The smallest absolute Gasteiger partial charge is 0.261 e. The van der Waals surface area contributed by atoms with E-state index in [-0.39, 0.29) is 16.3 Å². The summed E-state index contributed by atoms with van der Waals surface area (Å²) >= 11 is 0. The van der Waals surface area contributed by atoms with Crippen LogP contribution < -0.4 is 14.8 Å². The Morgan fingerprint density at radius 3 is 2.11 bits per heavy atom. The molecule has 0 spiro atoms. The third-order valence-corrected chi connectivity index (χ3v) is 5.28. The maximum Gasteiger partial charge on any atom is 0.261 e. The van der Waals surface area contributed by atoms with Gasteiger partial charge in [0, 0.05) is 5.56 Å². The Kier molecular flexibility index (Phi) is 5.60. The average molecular weight is 400 g/mol. The first-order chi connectivity index (χ1) is 13.4. The van der Waals surface area contributed by atoms with Gasteiger partial charge in [-0.2, -0.15) is 0 Å². The van der Waals surface area contributed by atoms with Crippen molar-refractivity contribution in [2.75, 3.05) is 17.1 Å². The predicted molar refractivity (Wildman–Crippen MR) is 105 cm³/mol. The fourth-order valence-electron chi connectivity index (χ4n) is 2.44. The Bertz CT molecular complexity index is 1080. The Labute approximate surface area is 162 Å². The first kappa shape index (κ1) is 19.4. The van der Waals surface area contributed by atoms with E-state index in [9.17, 15) is 17.6 Å². The molecule has 2 N–H and O–H groups in total. The molecule has 1 amide bonds. The molecular formula is C20H17FN2O4S. The number of ether oxygens (including phenoxy) is 1. The predicted octanol–water partition coefficient (Wildman–Crippen LogP) is 3.89. The SMILES string of the molecule is COc1ccc(C(=O)Nc2ccccc2NS(=O)(=O)c2ccc(F)cc2)cc1. The monoisotopic (exact) mass is 400 g/mol. The van der Waals surface area contributed by atoms with E-state index in [0.717, 1.165) is 24.3 Å². The molecule has 144 valence electrons. The van der Waals surface area contributed by atoms with Crippen LogP contribution in [0.25, 0.3) is 0 Å². The lowest BCUT2D eigenvalue weighted by molar-refractivity contribution is 0.102. The second-order valence-corrected chi connectivity index (χ2v) is 7.47. The van der Waals surface area contributed by atoms with Gasteiger partial charge in [0.2, 0.25) is 0 Å². The van der Waals surface area contributed by atoms with Crippen LogP contribution in [0.15, 0.2) is 77.7 Å². The van der Waals surface area contributed by atoms with Crippen molar-refractivity contribution >= 4 is 27.3 Å². The lowest BCUT2D eigenvalue weighted by Gasteiger charge is -2.14. The van der Waals surface area contributed by atoms with Crippen molar-refractivity contribution in [2.45, 2.75) is 4.90 Å². The number of carbonyl (C=O) groups is 1. The number of hydrogen-bond acceptors (Lipinski definition) is 4. The lowest BCUT2D eigenvalue weighted by Crippen LogP contribution is -2.17. The minimum Gasteiger partial charge on any atom is -0.497 e. The molecule has 3 rings (SSSR count). The zero-order chi connectivity index (χ0) is 20.1. The molecule has 6 nitrogen and oxygen atoms in total. The summed E-state index contributed by atoms with van der Waals surface area (Å²) in [5.41, 5.74) is 0.861. The van der Waals surface area contributed by atoms with E-state index < -0.39 is 21.7 Å². The Morgan fingerprint density at radius 1 is 0.893 bits per heavy atom. The van der Waals surface area contributed by atoms with Crippen molar-refractivity contribution in [3.8, 4) is 5.75 Å². The zero-order valence-corrected chi connectivity index (χ0v) is 15.7. The van der Waals surface area contributed by atoms with E-state index in [2.05, 4.69) is 10.0 Å². The largest absolute Gasteiger partial charge is 0.497 e. The Morgan fingerprint density at radius 2 is 1.50 bits per heavy atom. The third-order valence-electron chi connectivity index (χ3n) is 3.90. The molecular weight excluding hydrogens is 383 g/mol. The van der Waals surface area contributed by atoms with Crippen molar-refractivity contribution in [1.82, 2.24) is 0 Å². The number of methoxy groups -OCH3 is 1.